The molecule has 0 aliphatic heterocycles. The van der Waals surface area contributed by atoms with Gasteiger partial charge in [0.05, 0.1) is 18.7 Å². The first kappa shape index (κ1) is 17.4. The number of aliphatic hydroxyl groups is 1. The summed E-state index contributed by atoms with van der Waals surface area (Å²) in [6.45, 7) is 0.241. The van der Waals surface area contributed by atoms with Crippen LogP contribution < -0.4 is 10.6 Å². The largest absolute Gasteiger partial charge is 0.394 e. The molecule has 3 rings (SSSR count). The molecule has 0 spiro atoms. The molecule has 0 saturated heterocycles. The third-order valence-corrected chi connectivity index (χ3v) is 6.48. The number of nitrogens with zero attached hydrogens (tertiary/aromatic N) is 1. The molecule has 0 atom stereocenters. The monoisotopic (exact) mass is 347 g/mol. The Hall–Kier alpha value is -1.42. The lowest BCUT2D eigenvalue weighted by Gasteiger charge is -2.27. The van der Waals surface area contributed by atoms with Gasteiger partial charge in [-0.2, -0.15) is 5.26 Å². The SMILES string of the molecule is N#Cc1c(NC(=O)CNC2(CO)CCCC2)sc2c1CCCCC2. The van der Waals surface area contributed by atoms with Gasteiger partial charge in [-0.3, -0.25) is 4.79 Å². The van der Waals surface area contributed by atoms with E-state index >= 15 is 0 Å². The number of aliphatic hydroxyl groups excluding tert-OH is 1. The summed E-state index contributed by atoms with van der Waals surface area (Å²) >= 11 is 1.56. The fourth-order valence-corrected chi connectivity index (χ4v) is 5.09. The van der Waals surface area contributed by atoms with Crippen molar-refractivity contribution >= 4 is 22.2 Å². The van der Waals surface area contributed by atoms with Crippen molar-refractivity contribution in [3.63, 3.8) is 0 Å². The van der Waals surface area contributed by atoms with Crippen LogP contribution in [-0.2, 0) is 17.6 Å². The number of hydrogen-bond acceptors (Lipinski definition) is 5. The fourth-order valence-electron chi connectivity index (χ4n) is 3.83. The lowest BCUT2D eigenvalue weighted by molar-refractivity contribution is -0.115. The first-order valence-electron chi connectivity index (χ1n) is 8.88. The third-order valence-electron chi connectivity index (χ3n) is 5.27. The van der Waals surface area contributed by atoms with Gasteiger partial charge in [0, 0.05) is 10.4 Å². The Morgan fingerprint density at radius 2 is 1.96 bits per heavy atom. The molecule has 0 bridgehead atoms. The van der Waals surface area contributed by atoms with Crippen molar-refractivity contribution < 1.29 is 9.90 Å². The Morgan fingerprint density at radius 3 is 2.67 bits per heavy atom. The third kappa shape index (κ3) is 3.64. The van der Waals surface area contributed by atoms with Gasteiger partial charge in [-0.25, -0.2) is 0 Å². The van der Waals surface area contributed by atoms with Gasteiger partial charge in [0.1, 0.15) is 11.1 Å². The van der Waals surface area contributed by atoms with Crippen LogP contribution in [0.15, 0.2) is 0 Å². The van der Waals surface area contributed by atoms with Crippen LogP contribution in [0.3, 0.4) is 0 Å². The van der Waals surface area contributed by atoms with E-state index in [4.69, 9.17) is 0 Å². The summed E-state index contributed by atoms with van der Waals surface area (Å²) in [5.41, 5.74) is 1.50. The molecule has 1 fully saturated rings. The van der Waals surface area contributed by atoms with Crippen molar-refractivity contribution in [1.29, 1.82) is 5.26 Å². The highest BCUT2D eigenvalue weighted by Gasteiger charge is 2.33. The number of fused-ring (bicyclic) bond motifs is 1. The quantitative estimate of drug-likeness (QED) is 0.715. The molecule has 1 aromatic rings. The summed E-state index contributed by atoms with van der Waals surface area (Å²) in [4.78, 5) is 13.6. The number of carbonyl (C=O) groups is 1. The average Bonchev–Trinajstić information content (AvgIpc) is 3.12. The molecule has 0 unspecified atom stereocenters. The van der Waals surface area contributed by atoms with Crippen LogP contribution in [0.5, 0.6) is 0 Å². The van der Waals surface area contributed by atoms with Crippen LogP contribution in [0.4, 0.5) is 5.00 Å². The van der Waals surface area contributed by atoms with Crippen LogP contribution >= 0.6 is 11.3 Å². The maximum absolute atomic E-state index is 12.3. The van der Waals surface area contributed by atoms with Gasteiger partial charge < -0.3 is 15.7 Å². The average molecular weight is 347 g/mol. The predicted octanol–water partition coefficient (Wildman–Crippen LogP) is 2.72. The smallest absolute Gasteiger partial charge is 0.238 e. The van der Waals surface area contributed by atoms with Crippen LogP contribution in [0.2, 0.25) is 0 Å². The molecule has 24 heavy (non-hydrogen) atoms. The summed E-state index contributed by atoms with van der Waals surface area (Å²) in [5, 5.41) is 26.0. The van der Waals surface area contributed by atoms with Gasteiger partial charge >= 0.3 is 0 Å². The number of anilines is 1. The van der Waals surface area contributed by atoms with E-state index in [1.807, 2.05) is 0 Å². The number of rotatable bonds is 5. The molecule has 1 saturated carbocycles. The van der Waals surface area contributed by atoms with E-state index in [1.165, 1.54) is 11.3 Å². The predicted molar refractivity (Wildman–Crippen MR) is 95.2 cm³/mol. The van der Waals surface area contributed by atoms with Crippen molar-refractivity contribution in [2.45, 2.75) is 63.3 Å². The minimum absolute atomic E-state index is 0.0665. The van der Waals surface area contributed by atoms with Crippen LogP contribution in [0, 0.1) is 11.3 Å². The van der Waals surface area contributed by atoms with Crippen molar-refractivity contribution in [3.8, 4) is 6.07 Å². The molecule has 130 valence electrons. The zero-order valence-electron chi connectivity index (χ0n) is 14.0. The normalized spacial score (nSPS) is 19.3. The molecule has 0 aromatic carbocycles. The van der Waals surface area contributed by atoms with Crippen LogP contribution in [-0.4, -0.2) is 29.7 Å². The Kier molecular flexibility index (Phi) is 5.54. The topological polar surface area (TPSA) is 85.2 Å². The van der Waals surface area contributed by atoms with Crippen molar-refractivity contribution in [3.05, 3.63) is 16.0 Å². The first-order valence-corrected chi connectivity index (χ1v) is 9.69. The molecule has 3 N–H and O–H groups in total. The molecule has 1 amide bonds. The molecule has 0 radical (unpaired) electrons. The Balaban J connectivity index is 1.65. The highest BCUT2D eigenvalue weighted by Crippen LogP contribution is 2.37. The van der Waals surface area contributed by atoms with Crippen molar-refractivity contribution in [2.24, 2.45) is 0 Å². The lowest BCUT2D eigenvalue weighted by atomic mass is 9.99. The molecule has 2 aliphatic rings. The molecule has 2 aliphatic carbocycles. The second kappa shape index (κ2) is 7.64. The summed E-state index contributed by atoms with van der Waals surface area (Å²) in [6, 6.07) is 2.29. The van der Waals surface area contributed by atoms with Crippen LogP contribution in [0.25, 0.3) is 0 Å². The maximum atomic E-state index is 12.3. The molecule has 6 heteroatoms. The Bertz CT molecular complexity index is 641. The van der Waals surface area contributed by atoms with E-state index in [0.717, 1.165) is 56.9 Å². The van der Waals surface area contributed by atoms with E-state index < -0.39 is 0 Å². The molecule has 5 nitrogen and oxygen atoms in total. The fraction of sp³-hybridized carbons (Fsp3) is 0.667. The second-order valence-corrected chi connectivity index (χ2v) is 8.03. The number of thiophene rings is 1. The molecule has 1 aromatic heterocycles. The maximum Gasteiger partial charge on any atom is 0.238 e. The summed E-state index contributed by atoms with van der Waals surface area (Å²) in [6.07, 6.45) is 9.44. The molecular formula is C18H25N3O2S. The zero-order valence-corrected chi connectivity index (χ0v) is 14.8. The first-order chi connectivity index (χ1) is 11.7. The number of nitrogens with one attached hydrogen (secondary N) is 2. The number of hydrogen-bond donors (Lipinski definition) is 3. The Morgan fingerprint density at radius 1 is 1.21 bits per heavy atom. The summed E-state index contributed by atoms with van der Waals surface area (Å²) in [5.74, 6) is -0.136. The highest BCUT2D eigenvalue weighted by molar-refractivity contribution is 7.16. The van der Waals surface area contributed by atoms with Gasteiger partial charge in [0.25, 0.3) is 0 Å². The Labute approximate surface area is 147 Å². The number of amides is 1. The lowest BCUT2D eigenvalue weighted by Crippen LogP contribution is -2.49. The minimum Gasteiger partial charge on any atom is -0.394 e. The minimum atomic E-state index is -0.304. The van der Waals surface area contributed by atoms with Gasteiger partial charge in [-0.1, -0.05) is 19.3 Å². The summed E-state index contributed by atoms with van der Waals surface area (Å²) < 4.78 is 0. The number of nitriles is 1. The number of carbonyl (C=O) groups excluding carboxylic acids is 1. The van der Waals surface area contributed by atoms with Gasteiger partial charge in [0.15, 0.2) is 0 Å². The second-order valence-electron chi connectivity index (χ2n) is 6.93. The highest BCUT2D eigenvalue weighted by atomic mass is 32.1. The number of aryl methyl sites for hydroxylation is 1. The molecular weight excluding hydrogens is 322 g/mol. The summed E-state index contributed by atoms with van der Waals surface area (Å²) in [7, 11) is 0. The van der Waals surface area contributed by atoms with E-state index in [2.05, 4.69) is 16.7 Å². The van der Waals surface area contributed by atoms with E-state index in [0.29, 0.717) is 10.6 Å². The van der Waals surface area contributed by atoms with Gasteiger partial charge in [-0.15, -0.1) is 11.3 Å². The zero-order chi connectivity index (χ0) is 17.0. The van der Waals surface area contributed by atoms with E-state index in [9.17, 15) is 15.2 Å². The van der Waals surface area contributed by atoms with E-state index in [1.54, 1.807) is 11.3 Å². The van der Waals surface area contributed by atoms with Crippen molar-refractivity contribution in [1.82, 2.24) is 5.32 Å². The van der Waals surface area contributed by atoms with Crippen LogP contribution in [0.1, 0.15) is 60.9 Å². The van der Waals surface area contributed by atoms with E-state index in [-0.39, 0.29) is 24.6 Å². The van der Waals surface area contributed by atoms with Crippen molar-refractivity contribution in [2.75, 3.05) is 18.5 Å². The van der Waals surface area contributed by atoms with Gasteiger partial charge in [0.2, 0.25) is 5.91 Å². The van der Waals surface area contributed by atoms with Gasteiger partial charge in [-0.05, 0) is 44.1 Å². The molecule has 1 heterocycles. The standard InChI is InChI=1S/C18H25N3O2S/c19-10-14-13-6-2-1-3-7-15(13)24-17(14)21-16(23)11-20-18(12-22)8-4-5-9-18/h20,22H,1-9,11-12H2,(H,21,23).